The van der Waals surface area contributed by atoms with E-state index in [1.165, 1.54) is 12.1 Å². The van der Waals surface area contributed by atoms with Crippen LogP contribution in [-0.2, 0) is 0 Å². The van der Waals surface area contributed by atoms with Crippen LogP contribution in [0.4, 0.5) is 10.1 Å². The molecule has 0 radical (unpaired) electrons. The lowest BCUT2D eigenvalue weighted by Crippen LogP contribution is -2.23. The molecule has 0 aliphatic rings. The van der Waals surface area contributed by atoms with E-state index >= 15 is 0 Å². The third-order valence-corrected chi connectivity index (χ3v) is 3.69. The maximum atomic E-state index is 12.9. The Labute approximate surface area is 124 Å². The Hall–Kier alpha value is -1.58. The highest BCUT2D eigenvalue weighted by atomic mass is 35.5. The first-order chi connectivity index (χ1) is 9.58. The molecule has 0 amide bonds. The van der Waals surface area contributed by atoms with E-state index in [1.54, 1.807) is 12.1 Å². The summed E-state index contributed by atoms with van der Waals surface area (Å²) in [5, 5.41) is 0.699. The molecule has 0 aliphatic carbocycles. The molecule has 0 saturated heterocycles. The van der Waals surface area contributed by atoms with Gasteiger partial charge in [0, 0.05) is 30.3 Å². The average molecular weight is 293 g/mol. The fourth-order valence-electron chi connectivity index (χ4n) is 2.09. The fraction of sp³-hybridized carbons (Fsp3) is 0.250. The van der Waals surface area contributed by atoms with E-state index in [0.717, 1.165) is 24.2 Å². The van der Waals surface area contributed by atoms with E-state index in [9.17, 15) is 4.39 Å². The number of anilines is 1. The highest BCUT2D eigenvalue weighted by Crippen LogP contribution is 2.24. The Balaban J connectivity index is 1.95. The van der Waals surface area contributed by atoms with Crippen molar-refractivity contribution in [1.82, 2.24) is 0 Å². The number of halogens is 2. The summed E-state index contributed by atoms with van der Waals surface area (Å²) >= 11 is 6.13. The Morgan fingerprint density at radius 3 is 2.45 bits per heavy atom. The van der Waals surface area contributed by atoms with E-state index in [0.29, 0.717) is 5.02 Å². The van der Waals surface area contributed by atoms with Crippen LogP contribution >= 0.6 is 11.6 Å². The summed E-state index contributed by atoms with van der Waals surface area (Å²) in [6, 6.07) is 14.0. The molecule has 4 heteroatoms. The van der Waals surface area contributed by atoms with Gasteiger partial charge in [-0.3, -0.25) is 0 Å². The first-order valence-corrected chi connectivity index (χ1v) is 6.92. The minimum absolute atomic E-state index is 0.105. The third-order valence-electron chi connectivity index (χ3n) is 3.35. The van der Waals surface area contributed by atoms with Crippen molar-refractivity contribution >= 4 is 17.3 Å². The maximum Gasteiger partial charge on any atom is 0.123 e. The Morgan fingerprint density at radius 2 is 1.80 bits per heavy atom. The summed E-state index contributed by atoms with van der Waals surface area (Å²) < 4.78 is 12.9. The molecule has 1 unspecified atom stereocenters. The summed E-state index contributed by atoms with van der Waals surface area (Å²) in [6.45, 7) is 0.776. The van der Waals surface area contributed by atoms with Gasteiger partial charge in [-0.25, -0.2) is 4.39 Å². The van der Waals surface area contributed by atoms with Gasteiger partial charge in [0.05, 0.1) is 0 Å². The van der Waals surface area contributed by atoms with E-state index < -0.39 is 0 Å². The van der Waals surface area contributed by atoms with Crippen LogP contribution in [0, 0.1) is 5.82 Å². The second kappa shape index (κ2) is 6.73. The van der Waals surface area contributed by atoms with Gasteiger partial charge in [-0.15, -0.1) is 0 Å². The van der Waals surface area contributed by atoms with Crippen molar-refractivity contribution in [2.45, 2.75) is 12.5 Å². The largest absolute Gasteiger partial charge is 0.375 e. The Bertz CT molecular complexity index is 557. The standard InChI is InChI=1S/C16H18ClFN2/c1-20(13-8-6-12(18)7-9-13)11-10-16(19)14-4-2-3-5-15(14)17/h2-9,16H,10-11,19H2,1H3. The first-order valence-electron chi connectivity index (χ1n) is 6.54. The van der Waals surface area contributed by atoms with Crippen LogP contribution in [0.2, 0.25) is 5.02 Å². The Morgan fingerprint density at radius 1 is 1.15 bits per heavy atom. The number of rotatable bonds is 5. The lowest BCUT2D eigenvalue weighted by atomic mass is 10.0. The predicted molar refractivity (Wildman–Crippen MR) is 82.7 cm³/mol. The van der Waals surface area contributed by atoms with Crippen LogP contribution in [0.1, 0.15) is 18.0 Å². The molecule has 2 rings (SSSR count). The number of hydrogen-bond acceptors (Lipinski definition) is 2. The van der Waals surface area contributed by atoms with Crippen LogP contribution in [-0.4, -0.2) is 13.6 Å². The molecular weight excluding hydrogens is 275 g/mol. The number of benzene rings is 2. The maximum absolute atomic E-state index is 12.9. The minimum atomic E-state index is -0.227. The number of nitrogens with two attached hydrogens (primary N) is 1. The van der Waals surface area contributed by atoms with Crippen LogP contribution in [0.25, 0.3) is 0 Å². The van der Waals surface area contributed by atoms with Crippen molar-refractivity contribution in [1.29, 1.82) is 0 Å². The molecule has 20 heavy (non-hydrogen) atoms. The van der Waals surface area contributed by atoms with Crippen molar-refractivity contribution in [2.24, 2.45) is 5.73 Å². The van der Waals surface area contributed by atoms with Gasteiger partial charge in [-0.1, -0.05) is 29.8 Å². The molecule has 106 valence electrons. The van der Waals surface area contributed by atoms with Crippen molar-refractivity contribution in [3.05, 3.63) is 64.9 Å². The van der Waals surface area contributed by atoms with Crippen molar-refractivity contribution < 1.29 is 4.39 Å². The molecule has 0 heterocycles. The normalized spacial score (nSPS) is 12.2. The van der Waals surface area contributed by atoms with Gasteiger partial charge in [0.25, 0.3) is 0 Å². The highest BCUT2D eigenvalue weighted by molar-refractivity contribution is 6.31. The van der Waals surface area contributed by atoms with Gasteiger partial charge < -0.3 is 10.6 Å². The molecule has 0 aliphatic heterocycles. The summed E-state index contributed by atoms with van der Waals surface area (Å²) in [7, 11) is 1.96. The summed E-state index contributed by atoms with van der Waals surface area (Å²) in [5.41, 5.74) is 8.11. The molecule has 1 atom stereocenters. The highest BCUT2D eigenvalue weighted by Gasteiger charge is 2.11. The van der Waals surface area contributed by atoms with Crippen LogP contribution < -0.4 is 10.6 Å². The lowest BCUT2D eigenvalue weighted by molar-refractivity contribution is 0.626. The van der Waals surface area contributed by atoms with Crippen LogP contribution in [0.5, 0.6) is 0 Å². The number of hydrogen-bond donors (Lipinski definition) is 1. The monoisotopic (exact) mass is 292 g/mol. The van der Waals surface area contributed by atoms with Crippen molar-refractivity contribution in [2.75, 3.05) is 18.5 Å². The first kappa shape index (κ1) is 14.8. The molecule has 0 spiro atoms. The SMILES string of the molecule is CN(CCC(N)c1ccccc1Cl)c1ccc(F)cc1. The van der Waals surface area contributed by atoms with Gasteiger partial charge in [-0.2, -0.15) is 0 Å². The molecule has 2 aromatic rings. The zero-order chi connectivity index (χ0) is 14.5. The molecular formula is C16H18ClFN2. The second-order valence-electron chi connectivity index (χ2n) is 4.81. The van der Waals surface area contributed by atoms with Crippen molar-refractivity contribution in [3.8, 4) is 0 Å². The fourth-order valence-corrected chi connectivity index (χ4v) is 2.36. The van der Waals surface area contributed by atoms with Gasteiger partial charge in [0.15, 0.2) is 0 Å². The third kappa shape index (κ3) is 3.71. The summed E-state index contributed by atoms with van der Waals surface area (Å²) in [4.78, 5) is 2.05. The Kier molecular flexibility index (Phi) is 4.99. The molecule has 0 aromatic heterocycles. The number of nitrogens with zero attached hydrogens (tertiary/aromatic N) is 1. The minimum Gasteiger partial charge on any atom is -0.375 e. The molecule has 2 nitrogen and oxygen atoms in total. The summed E-state index contributed by atoms with van der Waals surface area (Å²) in [5.74, 6) is -0.227. The smallest absolute Gasteiger partial charge is 0.123 e. The molecule has 0 fully saturated rings. The molecule has 2 aromatic carbocycles. The average Bonchev–Trinajstić information content (AvgIpc) is 2.45. The van der Waals surface area contributed by atoms with Gasteiger partial charge in [-0.05, 0) is 42.3 Å². The summed E-state index contributed by atoms with van der Waals surface area (Å²) in [6.07, 6.45) is 0.775. The van der Waals surface area contributed by atoms with Gasteiger partial charge in [0.1, 0.15) is 5.82 Å². The zero-order valence-electron chi connectivity index (χ0n) is 11.4. The quantitative estimate of drug-likeness (QED) is 0.902. The molecule has 0 bridgehead atoms. The molecule has 2 N–H and O–H groups in total. The van der Waals surface area contributed by atoms with Crippen LogP contribution in [0.3, 0.4) is 0 Å². The predicted octanol–water partition coefficient (Wildman–Crippen LogP) is 4.01. The topological polar surface area (TPSA) is 29.3 Å². The van der Waals surface area contributed by atoms with Crippen molar-refractivity contribution in [3.63, 3.8) is 0 Å². The van der Waals surface area contributed by atoms with E-state index in [2.05, 4.69) is 4.90 Å². The van der Waals surface area contributed by atoms with Gasteiger partial charge in [0.2, 0.25) is 0 Å². The van der Waals surface area contributed by atoms with E-state index in [1.807, 2.05) is 31.3 Å². The van der Waals surface area contributed by atoms with Crippen LogP contribution in [0.15, 0.2) is 48.5 Å². The lowest BCUT2D eigenvalue weighted by Gasteiger charge is -2.22. The van der Waals surface area contributed by atoms with E-state index in [-0.39, 0.29) is 11.9 Å². The zero-order valence-corrected chi connectivity index (χ0v) is 12.1. The second-order valence-corrected chi connectivity index (χ2v) is 5.22. The van der Waals surface area contributed by atoms with E-state index in [4.69, 9.17) is 17.3 Å². The van der Waals surface area contributed by atoms with Gasteiger partial charge >= 0.3 is 0 Å². The molecule has 0 saturated carbocycles.